The number of nitrogen functional groups attached to an aromatic ring is 5. The average molecular weight is 1140 g/mol. The number of phenolic OH excluding ortho intramolecular Hbond substituents is 4. The lowest BCUT2D eigenvalue weighted by Crippen LogP contribution is -2.30. The number of aryl methyl sites for hydroxylation is 10. The van der Waals surface area contributed by atoms with Crippen LogP contribution in [0.1, 0.15) is 142 Å². The lowest BCUT2D eigenvalue weighted by Gasteiger charge is -2.38. The maximum atomic E-state index is 9.51. The molecule has 0 spiro atoms. The first-order valence-corrected chi connectivity index (χ1v) is 29.8. The maximum Gasteiger partial charge on any atom is 0.115 e. The first-order valence-electron chi connectivity index (χ1n) is 29.8. The van der Waals surface area contributed by atoms with Crippen LogP contribution in [0.4, 0.5) is 28.4 Å². The Morgan fingerprint density at radius 2 is 0.365 bits per heavy atom. The van der Waals surface area contributed by atoms with Crippen LogP contribution in [0.3, 0.4) is 0 Å². The van der Waals surface area contributed by atoms with Crippen molar-refractivity contribution in [3.63, 3.8) is 0 Å². The summed E-state index contributed by atoms with van der Waals surface area (Å²) in [7, 11) is 0. The molecular weight excluding hydrogens is 1050 g/mol. The molecule has 0 heterocycles. The Hall–Kier alpha value is -8.82. The molecule has 448 valence electrons. The van der Waals surface area contributed by atoms with Crippen molar-refractivity contribution in [2.75, 3.05) is 28.7 Å². The second-order valence-electron chi connectivity index (χ2n) is 23.0. The summed E-state index contributed by atoms with van der Waals surface area (Å²) >= 11 is 0. The molecule has 2 fully saturated rings. The zero-order valence-electron chi connectivity index (χ0n) is 52.1. The number of hydrogen-bond acceptors (Lipinski definition) is 9. The summed E-state index contributed by atoms with van der Waals surface area (Å²) in [5.74, 6) is 1.24. The van der Waals surface area contributed by atoms with E-state index in [0.29, 0.717) is 23.0 Å². The number of aromatic hydroxyl groups is 4. The lowest BCUT2D eigenvalue weighted by atomic mass is 9.65. The minimum atomic E-state index is 0.0274. The molecule has 85 heavy (non-hydrogen) atoms. The van der Waals surface area contributed by atoms with E-state index in [1.165, 1.54) is 60.8 Å². The Morgan fingerprint density at radius 1 is 0.224 bits per heavy atom. The molecule has 0 unspecified atom stereocenters. The minimum absolute atomic E-state index is 0.0274. The molecule has 0 amide bonds. The van der Waals surface area contributed by atoms with Gasteiger partial charge < -0.3 is 49.1 Å². The molecule has 11 rings (SSSR count). The quantitative estimate of drug-likeness (QED) is 0.0766. The molecule has 0 saturated heterocycles. The number of para-hydroxylation sites is 5. The van der Waals surface area contributed by atoms with Gasteiger partial charge in [0.05, 0.1) is 0 Å². The molecule has 2 aliphatic rings. The molecule has 0 aliphatic heterocycles. The molecule has 0 atom stereocenters. The molecule has 9 heteroatoms. The van der Waals surface area contributed by atoms with Crippen molar-refractivity contribution in [2.45, 2.75) is 144 Å². The van der Waals surface area contributed by atoms with Crippen LogP contribution in [-0.4, -0.2) is 20.4 Å². The number of benzene rings is 9. The van der Waals surface area contributed by atoms with Gasteiger partial charge in [0.15, 0.2) is 0 Å². The van der Waals surface area contributed by atoms with Gasteiger partial charge in [0.2, 0.25) is 0 Å². The van der Waals surface area contributed by atoms with Crippen LogP contribution in [-0.2, 0) is 10.8 Å². The van der Waals surface area contributed by atoms with E-state index < -0.39 is 0 Å². The predicted molar refractivity (Wildman–Crippen MR) is 362 cm³/mol. The number of anilines is 5. The zero-order chi connectivity index (χ0) is 62.3. The Balaban J connectivity index is 0.000000188. The summed E-state index contributed by atoms with van der Waals surface area (Å²) < 4.78 is 0. The summed E-state index contributed by atoms with van der Waals surface area (Å²) in [5.41, 5.74) is 49.7. The molecule has 9 aromatic rings. The topological polar surface area (TPSA) is 211 Å². The largest absolute Gasteiger partial charge is 0.508 e. The van der Waals surface area contributed by atoms with Gasteiger partial charge in [0.1, 0.15) is 23.0 Å². The van der Waals surface area contributed by atoms with E-state index in [1.54, 1.807) is 48.5 Å². The fourth-order valence-corrected chi connectivity index (χ4v) is 11.1. The van der Waals surface area contributed by atoms with Crippen LogP contribution in [0.5, 0.6) is 23.0 Å². The van der Waals surface area contributed by atoms with E-state index in [1.807, 2.05) is 209 Å². The maximum absolute atomic E-state index is 9.51. The highest BCUT2D eigenvalue weighted by molar-refractivity contribution is 5.55. The van der Waals surface area contributed by atoms with E-state index in [0.717, 1.165) is 110 Å². The van der Waals surface area contributed by atoms with Crippen LogP contribution in [0.15, 0.2) is 188 Å². The SMILES string of the molecule is Cc1cccc(C)c1N.Cc1cccc(C)c1N.Cc1cccc(C)c1N.Cc1cccc(C)c1N.Cc1cccc(C)c1N.Oc1ccc(C2(c3ccc(O)cc3)CCCCC2)cc1.Oc1ccc(C2(c3ccc(O)cc3)CCCCC2)cc1. The molecule has 2 saturated carbocycles. The standard InChI is InChI=1S/2C18H20O2.5C8H11N/c2*19-16-8-4-14(5-9-16)18(12-2-1-3-13-18)15-6-10-17(20)11-7-15;5*1-6-4-3-5-7(2)8(6)9/h2*4-11,19-20H,1-3,12-13H2;5*3-5H,9H2,1-2H3. The highest BCUT2D eigenvalue weighted by atomic mass is 16.3. The third-order valence-electron chi connectivity index (χ3n) is 16.8. The van der Waals surface area contributed by atoms with Crippen LogP contribution < -0.4 is 28.7 Å². The van der Waals surface area contributed by atoms with Gasteiger partial charge in [-0.05, 0) is 221 Å². The van der Waals surface area contributed by atoms with Gasteiger partial charge in [0, 0.05) is 39.3 Å². The first-order chi connectivity index (χ1) is 40.5. The van der Waals surface area contributed by atoms with Crippen LogP contribution in [0.25, 0.3) is 0 Å². The normalized spacial score (nSPS) is 13.4. The molecule has 9 aromatic carbocycles. The van der Waals surface area contributed by atoms with E-state index in [2.05, 4.69) is 0 Å². The molecule has 9 nitrogen and oxygen atoms in total. The second kappa shape index (κ2) is 32.3. The van der Waals surface area contributed by atoms with E-state index in [-0.39, 0.29) is 10.8 Å². The number of nitrogens with two attached hydrogens (primary N) is 5. The lowest BCUT2D eigenvalue weighted by molar-refractivity contribution is 0.345. The van der Waals surface area contributed by atoms with Gasteiger partial charge >= 0.3 is 0 Å². The smallest absolute Gasteiger partial charge is 0.115 e. The molecule has 0 aromatic heterocycles. The Kier molecular flexibility index (Phi) is 25.4. The molecule has 0 bridgehead atoms. The van der Waals surface area contributed by atoms with Crippen molar-refractivity contribution in [1.82, 2.24) is 0 Å². The number of phenols is 4. The third-order valence-corrected chi connectivity index (χ3v) is 16.8. The van der Waals surface area contributed by atoms with Crippen molar-refractivity contribution in [1.29, 1.82) is 0 Å². The van der Waals surface area contributed by atoms with Crippen molar-refractivity contribution in [3.05, 3.63) is 266 Å². The second-order valence-corrected chi connectivity index (χ2v) is 23.0. The summed E-state index contributed by atoms with van der Waals surface area (Å²) in [4.78, 5) is 0. The van der Waals surface area contributed by atoms with Crippen molar-refractivity contribution < 1.29 is 20.4 Å². The predicted octanol–water partition coefficient (Wildman–Crippen LogP) is 18.1. The average Bonchev–Trinajstić information content (AvgIpc) is 3.13. The first kappa shape index (κ1) is 67.0. The van der Waals surface area contributed by atoms with E-state index >= 15 is 0 Å². The van der Waals surface area contributed by atoms with Crippen molar-refractivity contribution in [2.24, 2.45) is 0 Å². The van der Waals surface area contributed by atoms with Crippen LogP contribution >= 0.6 is 0 Å². The minimum Gasteiger partial charge on any atom is -0.508 e. The Labute approximate surface area is 508 Å². The fraction of sp³-hybridized carbons (Fsp3) is 0.289. The Morgan fingerprint density at radius 3 is 0.494 bits per heavy atom. The monoisotopic (exact) mass is 1140 g/mol. The fourth-order valence-electron chi connectivity index (χ4n) is 11.1. The summed E-state index contributed by atoms with van der Waals surface area (Å²) in [6.45, 7) is 20.2. The Bertz CT molecular complexity index is 2880. The van der Waals surface area contributed by atoms with Gasteiger partial charge in [-0.15, -0.1) is 0 Å². The van der Waals surface area contributed by atoms with Gasteiger partial charge in [-0.1, -0.05) is 178 Å². The van der Waals surface area contributed by atoms with Gasteiger partial charge in [-0.2, -0.15) is 0 Å². The number of rotatable bonds is 4. The highest BCUT2D eigenvalue weighted by Gasteiger charge is 2.37. The molecular formula is C76H95N5O4. The van der Waals surface area contributed by atoms with E-state index in [9.17, 15) is 20.4 Å². The third kappa shape index (κ3) is 19.1. The highest BCUT2D eigenvalue weighted by Crippen LogP contribution is 2.47. The van der Waals surface area contributed by atoms with Crippen LogP contribution in [0.2, 0.25) is 0 Å². The summed E-state index contributed by atoms with van der Waals surface area (Å²) in [6.07, 6.45) is 12.0. The zero-order valence-corrected chi connectivity index (χ0v) is 52.1. The van der Waals surface area contributed by atoms with Gasteiger partial charge in [-0.3, -0.25) is 0 Å². The summed E-state index contributed by atoms with van der Waals surface area (Å²) in [5, 5.41) is 38.1. The molecule has 2 aliphatic carbocycles. The van der Waals surface area contributed by atoms with E-state index in [4.69, 9.17) is 28.7 Å². The van der Waals surface area contributed by atoms with Gasteiger partial charge in [-0.25, -0.2) is 0 Å². The summed E-state index contributed by atoms with van der Waals surface area (Å²) in [6, 6.07) is 60.7. The van der Waals surface area contributed by atoms with Crippen LogP contribution in [0, 0.1) is 69.2 Å². The van der Waals surface area contributed by atoms with Crippen molar-refractivity contribution >= 4 is 28.4 Å². The van der Waals surface area contributed by atoms with Crippen molar-refractivity contribution in [3.8, 4) is 23.0 Å². The molecule has 14 N–H and O–H groups in total. The number of hydrogen-bond donors (Lipinski definition) is 9. The van der Waals surface area contributed by atoms with Gasteiger partial charge in [0.25, 0.3) is 0 Å². The molecule has 0 radical (unpaired) electrons.